The maximum absolute atomic E-state index is 11.8. The SMILES string of the molecule is COc1ccc(NC(=O)CCC(=O)NN=Cc2ccccc2)cc1. The molecule has 2 amide bonds. The average Bonchev–Trinajstić information content (AvgIpc) is 2.61. The highest BCUT2D eigenvalue weighted by atomic mass is 16.5. The molecule has 6 heteroatoms. The zero-order valence-electron chi connectivity index (χ0n) is 13.4. The van der Waals surface area contributed by atoms with E-state index in [1.54, 1.807) is 37.6 Å². The number of nitrogens with zero attached hydrogens (tertiary/aromatic N) is 1. The van der Waals surface area contributed by atoms with Gasteiger partial charge in [-0.3, -0.25) is 9.59 Å². The van der Waals surface area contributed by atoms with Crippen LogP contribution in [0.15, 0.2) is 59.7 Å². The third-order valence-corrected chi connectivity index (χ3v) is 3.16. The predicted octanol–water partition coefficient (Wildman–Crippen LogP) is 2.56. The number of methoxy groups -OCH3 is 1. The molecule has 0 heterocycles. The standard InChI is InChI=1S/C18H19N3O3/c1-24-16-9-7-15(8-10-16)20-17(22)11-12-18(23)21-19-13-14-5-3-2-4-6-14/h2-10,13H,11-12H2,1H3,(H,20,22)(H,21,23). The number of ether oxygens (including phenoxy) is 1. The van der Waals surface area contributed by atoms with Gasteiger partial charge in [-0.05, 0) is 29.8 Å². The molecule has 0 bridgehead atoms. The Morgan fingerprint density at radius 1 is 1.00 bits per heavy atom. The van der Waals surface area contributed by atoms with E-state index in [4.69, 9.17) is 4.74 Å². The molecule has 2 rings (SSSR count). The van der Waals surface area contributed by atoms with Gasteiger partial charge in [-0.1, -0.05) is 30.3 Å². The van der Waals surface area contributed by atoms with E-state index in [0.717, 1.165) is 5.56 Å². The third kappa shape index (κ3) is 5.92. The molecule has 0 saturated heterocycles. The van der Waals surface area contributed by atoms with Crippen LogP contribution in [0.25, 0.3) is 0 Å². The van der Waals surface area contributed by atoms with E-state index in [-0.39, 0.29) is 24.7 Å². The fourth-order valence-corrected chi connectivity index (χ4v) is 1.90. The summed E-state index contributed by atoms with van der Waals surface area (Å²) in [5, 5.41) is 6.57. The Morgan fingerprint density at radius 3 is 2.33 bits per heavy atom. The summed E-state index contributed by atoms with van der Waals surface area (Å²) in [6.07, 6.45) is 1.70. The predicted molar refractivity (Wildman–Crippen MR) is 93.0 cm³/mol. The van der Waals surface area contributed by atoms with Crippen molar-refractivity contribution in [2.75, 3.05) is 12.4 Å². The summed E-state index contributed by atoms with van der Waals surface area (Å²) in [5.74, 6) is 0.165. The first-order chi connectivity index (χ1) is 11.7. The van der Waals surface area contributed by atoms with Crippen molar-refractivity contribution in [3.05, 3.63) is 60.2 Å². The van der Waals surface area contributed by atoms with Gasteiger partial charge in [-0.2, -0.15) is 5.10 Å². The van der Waals surface area contributed by atoms with Crippen LogP contribution in [0.2, 0.25) is 0 Å². The molecule has 0 aromatic heterocycles. The summed E-state index contributed by atoms with van der Waals surface area (Å²) in [7, 11) is 1.58. The van der Waals surface area contributed by atoms with Gasteiger partial charge in [0.15, 0.2) is 0 Å². The number of benzene rings is 2. The quantitative estimate of drug-likeness (QED) is 0.606. The molecule has 0 atom stereocenters. The molecule has 0 aliphatic heterocycles. The summed E-state index contributed by atoms with van der Waals surface area (Å²) in [5.41, 5.74) is 3.94. The lowest BCUT2D eigenvalue weighted by atomic mass is 10.2. The molecule has 0 unspecified atom stereocenters. The van der Waals surface area contributed by atoms with Crippen molar-refractivity contribution in [1.29, 1.82) is 0 Å². The van der Waals surface area contributed by atoms with Crippen LogP contribution in [0.4, 0.5) is 5.69 Å². The van der Waals surface area contributed by atoms with Crippen LogP contribution in [0.1, 0.15) is 18.4 Å². The van der Waals surface area contributed by atoms with Crippen molar-refractivity contribution in [3.63, 3.8) is 0 Å². The highest BCUT2D eigenvalue weighted by molar-refractivity contribution is 5.93. The smallest absolute Gasteiger partial charge is 0.240 e. The Bertz CT molecular complexity index is 697. The van der Waals surface area contributed by atoms with Gasteiger partial charge >= 0.3 is 0 Å². The second kappa shape index (κ2) is 9.09. The normalized spacial score (nSPS) is 10.4. The Kier molecular flexibility index (Phi) is 6.52. The van der Waals surface area contributed by atoms with Gasteiger partial charge in [0.2, 0.25) is 11.8 Å². The van der Waals surface area contributed by atoms with Gasteiger partial charge in [0.25, 0.3) is 0 Å². The summed E-state index contributed by atoms with van der Waals surface area (Å²) < 4.78 is 5.04. The van der Waals surface area contributed by atoms with Gasteiger partial charge in [-0.25, -0.2) is 5.43 Å². The molecule has 0 aliphatic carbocycles. The lowest BCUT2D eigenvalue weighted by molar-refractivity contribution is -0.124. The maximum Gasteiger partial charge on any atom is 0.240 e. The average molecular weight is 325 g/mol. The fraction of sp³-hybridized carbons (Fsp3) is 0.167. The van der Waals surface area contributed by atoms with E-state index in [1.807, 2.05) is 30.3 Å². The lowest BCUT2D eigenvalue weighted by Gasteiger charge is -2.06. The van der Waals surface area contributed by atoms with Crippen molar-refractivity contribution in [2.45, 2.75) is 12.8 Å². The van der Waals surface area contributed by atoms with Gasteiger partial charge in [0, 0.05) is 18.5 Å². The third-order valence-electron chi connectivity index (χ3n) is 3.16. The second-order valence-electron chi connectivity index (χ2n) is 4.98. The molecular weight excluding hydrogens is 306 g/mol. The summed E-state index contributed by atoms with van der Waals surface area (Å²) in [6, 6.07) is 16.4. The monoisotopic (exact) mass is 325 g/mol. The molecule has 0 aliphatic rings. The number of nitrogens with one attached hydrogen (secondary N) is 2. The number of hydrogen-bond acceptors (Lipinski definition) is 4. The minimum Gasteiger partial charge on any atom is -0.497 e. The van der Waals surface area contributed by atoms with Gasteiger partial charge < -0.3 is 10.1 Å². The van der Waals surface area contributed by atoms with Gasteiger partial charge in [0.1, 0.15) is 5.75 Å². The number of rotatable bonds is 7. The van der Waals surface area contributed by atoms with E-state index < -0.39 is 0 Å². The number of amides is 2. The first-order valence-electron chi connectivity index (χ1n) is 7.48. The van der Waals surface area contributed by atoms with Gasteiger partial charge in [0.05, 0.1) is 13.3 Å². The van der Waals surface area contributed by atoms with E-state index in [2.05, 4.69) is 15.8 Å². The molecule has 0 radical (unpaired) electrons. The lowest BCUT2D eigenvalue weighted by Crippen LogP contribution is -2.20. The number of hydrazone groups is 1. The first kappa shape index (κ1) is 17.2. The number of hydrogen-bond donors (Lipinski definition) is 2. The zero-order valence-corrected chi connectivity index (χ0v) is 13.4. The van der Waals surface area contributed by atoms with Crippen LogP contribution in [0, 0.1) is 0 Å². The maximum atomic E-state index is 11.8. The van der Waals surface area contributed by atoms with Crippen LogP contribution in [-0.4, -0.2) is 25.1 Å². The molecule has 0 spiro atoms. The van der Waals surface area contributed by atoms with Crippen LogP contribution in [-0.2, 0) is 9.59 Å². The van der Waals surface area contributed by atoms with E-state index >= 15 is 0 Å². The molecule has 0 saturated carbocycles. The largest absolute Gasteiger partial charge is 0.497 e. The molecule has 2 aromatic rings. The van der Waals surface area contributed by atoms with Crippen molar-refractivity contribution < 1.29 is 14.3 Å². The molecule has 0 fully saturated rings. The van der Waals surface area contributed by atoms with Crippen LogP contribution in [0.5, 0.6) is 5.75 Å². The van der Waals surface area contributed by atoms with Crippen molar-refractivity contribution in [2.24, 2.45) is 5.10 Å². The molecule has 2 N–H and O–H groups in total. The highest BCUT2D eigenvalue weighted by Gasteiger charge is 2.06. The zero-order chi connectivity index (χ0) is 17.2. The molecule has 124 valence electrons. The Labute approximate surface area is 140 Å². The Morgan fingerprint density at radius 2 is 1.67 bits per heavy atom. The topological polar surface area (TPSA) is 79.8 Å². The number of carbonyl (C=O) groups excluding carboxylic acids is 2. The van der Waals surface area contributed by atoms with Gasteiger partial charge in [-0.15, -0.1) is 0 Å². The number of anilines is 1. The van der Waals surface area contributed by atoms with Crippen molar-refractivity contribution in [3.8, 4) is 5.75 Å². The molecule has 2 aromatic carbocycles. The summed E-state index contributed by atoms with van der Waals surface area (Å²) >= 11 is 0. The fourth-order valence-electron chi connectivity index (χ4n) is 1.90. The molecule has 6 nitrogen and oxygen atoms in total. The van der Waals surface area contributed by atoms with E-state index in [1.165, 1.54) is 0 Å². The summed E-state index contributed by atoms with van der Waals surface area (Å²) in [4.78, 5) is 23.5. The number of carbonyl (C=O) groups is 2. The van der Waals surface area contributed by atoms with E-state index in [0.29, 0.717) is 11.4 Å². The summed E-state index contributed by atoms with van der Waals surface area (Å²) in [6.45, 7) is 0. The Balaban J connectivity index is 1.70. The minimum absolute atomic E-state index is 0.0636. The van der Waals surface area contributed by atoms with Crippen molar-refractivity contribution >= 4 is 23.7 Å². The highest BCUT2D eigenvalue weighted by Crippen LogP contribution is 2.15. The van der Waals surface area contributed by atoms with Crippen LogP contribution in [0.3, 0.4) is 0 Å². The van der Waals surface area contributed by atoms with Crippen LogP contribution < -0.4 is 15.5 Å². The molecule has 24 heavy (non-hydrogen) atoms. The minimum atomic E-state index is -0.313. The molecular formula is C18H19N3O3. The van der Waals surface area contributed by atoms with E-state index in [9.17, 15) is 9.59 Å². The second-order valence-corrected chi connectivity index (χ2v) is 4.98. The van der Waals surface area contributed by atoms with Crippen molar-refractivity contribution in [1.82, 2.24) is 5.43 Å². The van der Waals surface area contributed by atoms with Crippen LogP contribution >= 0.6 is 0 Å². The Hall–Kier alpha value is -3.15. The first-order valence-corrected chi connectivity index (χ1v) is 7.48.